The zero-order valence-electron chi connectivity index (χ0n) is 19.4. The second-order valence-electron chi connectivity index (χ2n) is 8.95. The van der Waals surface area contributed by atoms with Gasteiger partial charge < -0.3 is 19.7 Å². The van der Waals surface area contributed by atoms with Gasteiger partial charge in [0.05, 0.1) is 0 Å². The summed E-state index contributed by atoms with van der Waals surface area (Å²) in [7, 11) is 0. The van der Waals surface area contributed by atoms with Crippen LogP contribution in [0.15, 0.2) is 78.9 Å². The van der Waals surface area contributed by atoms with Crippen LogP contribution in [0.5, 0.6) is 11.5 Å². The van der Waals surface area contributed by atoms with Gasteiger partial charge in [0, 0.05) is 38.8 Å². The van der Waals surface area contributed by atoms with E-state index in [2.05, 4.69) is 40.5 Å². The molecule has 0 bridgehead atoms. The van der Waals surface area contributed by atoms with E-state index >= 15 is 0 Å². The van der Waals surface area contributed by atoms with Crippen LogP contribution in [0.4, 0.5) is 4.79 Å². The van der Waals surface area contributed by atoms with E-state index in [0.29, 0.717) is 13.1 Å². The standard InChI is InChI=1S/C28H31N3O3/c32-28(29-18-22-7-3-1-4-8-22)31(20-24-11-12-26-27(17-24)34-21-33-26)25-13-15-30(16-14-25)19-23-9-5-2-6-10-23/h1-12,17,25H,13-16,18-21H2,(H,29,32). The van der Waals surface area contributed by atoms with E-state index in [9.17, 15) is 4.79 Å². The summed E-state index contributed by atoms with van der Waals surface area (Å²) in [4.78, 5) is 17.9. The molecule has 2 heterocycles. The number of urea groups is 1. The summed E-state index contributed by atoms with van der Waals surface area (Å²) in [6.07, 6.45) is 1.91. The second kappa shape index (κ2) is 10.6. The average molecular weight is 458 g/mol. The van der Waals surface area contributed by atoms with Crippen LogP contribution in [0, 0.1) is 0 Å². The fraction of sp³-hybridized carbons (Fsp3) is 0.321. The predicted octanol–water partition coefficient (Wildman–Crippen LogP) is 4.79. The molecular weight excluding hydrogens is 426 g/mol. The molecule has 1 N–H and O–H groups in total. The van der Waals surface area contributed by atoms with E-state index in [0.717, 1.165) is 55.1 Å². The van der Waals surface area contributed by atoms with E-state index in [1.54, 1.807) is 0 Å². The highest BCUT2D eigenvalue weighted by Gasteiger charge is 2.28. The highest BCUT2D eigenvalue weighted by atomic mass is 16.7. The molecule has 0 aromatic heterocycles. The Balaban J connectivity index is 1.26. The monoisotopic (exact) mass is 457 g/mol. The minimum atomic E-state index is -0.0250. The van der Waals surface area contributed by atoms with Gasteiger partial charge in [-0.1, -0.05) is 66.7 Å². The summed E-state index contributed by atoms with van der Waals surface area (Å²) in [5.41, 5.74) is 3.47. The minimum absolute atomic E-state index is 0.0250. The fourth-order valence-corrected chi connectivity index (χ4v) is 4.71. The number of ether oxygens (including phenoxy) is 2. The molecule has 2 amide bonds. The quantitative estimate of drug-likeness (QED) is 0.554. The molecule has 1 fully saturated rings. The Bertz CT molecular complexity index is 1080. The molecule has 3 aromatic rings. The van der Waals surface area contributed by atoms with Crippen molar-refractivity contribution in [2.45, 2.75) is 38.5 Å². The number of nitrogens with one attached hydrogen (secondary N) is 1. The van der Waals surface area contributed by atoms with Crippen LogP contribution >= 0.6 is 0 Å². The lowest BCUT2D eigenvalue weighted by molar-refractivity contribution is 0.113. The van der Waals surface area contributed by atoms with Gasteiger partial charge in [0.2, 0.25) is 6.79 Å². The maximum atomic E-state index is 13.4. The highest BCUT2D eigenvalue weighted by molar-refractivity contribution is 5.74. The molecule has 6 heteroatoms. The molecule has 0 spiro atoms. The number of rotatable bonds is 7. The summed E-state index contributed by atoms with van der Waals surface area (Å²) in [5, 5.41) is 3.14. The molecule has 2 aliphatic rings. The fourth-order valence-electron chi connectivity index (χ4n) is 4.71. The molecule has 2 aliphatic heterocycles. The number of piperidine rings is 1. The lowest BCUT2D eigenvalue weighted by Crippen LogP contribution is -2.50. The number of likely N-dealkylation sites (tertiary alicyclic amines) is 1. The molecule has 0 atom stereocenters. The Kier molecular flexibility index (Phi) is 6.96. The number of carbonyl (C=O) groups excluding carboxylic acids is 1. The molecule has 0 radical (unpaired) electrons. The zero-order valence-corrected chi connectivity index (χ0v) is 19.4. The van der Waals surface area contributed by atoms with Crippen LogP contribution in [0.3, 0.4) is 0 Å². The lowest BCUT2D eigenvalue weighted by Gasteiger charge is -2.38. The molecule has 6 nitrogen and oxygen atoms in total. The molecule has 3 aromatic carbocycles. The number of fused-ring (bicyclic) bond motifs is 1. The number of hydrogen-bond acceptors (Lipinski definition) is 4. The van der Waals surface area contributed by atoms with E-state index in [1.165, 1.54) is 5.56 Å². The van der Waals surface area contributed by atoms with Gasteiger partial charge >= 0.3 is 6.03 Å². The Labute approximate surface area is 201 Å². The first-order valence-electron chi connectivity index (χ1n) is 12.0. The highest BCUT2D eigenvalue weighted by Crippen LogP contribution is 2.33. The number of hydrogen-bond donors (Lipinski definition) is 1. The van der Waals surface area contributed by atoms with Crippen molar-refractivity contribution in [1.29, 1.82) is 0 Å². The van der Waals surface area contributed by atoms with Crippen LogP contribution in [0.25, 0.3) is 0 Å². The van der Waals surface area contributed by atoms with Crippen LogP contribution in [0.2, 0.25) is 0 Å². The Morgan fingerprint density at radius 3 is 2.26 bits per heavy atom. The Hall–Kier alpha value is -3.51. The Morgan fingerprint density at radius 1 is 0.853 bits per heavy atom. The minimum Gasteiger partial charge on any atom is -0.454 e. The van der Waals surface area contributed by atoms with Crippen molar-refractivity contribution in [3.05, 3.63) is 95.6 Å². The second-order valence-corrected chi connectivity index (χ2v) is 8.95. The van der Waals surface area contributed by atoms with Crippen molar-refractivity contribution in [3.8, 4) is 11.5 Å². The third-order valence-electron chi connectivity index (χ3n) is 6.58. The third-order valence-corrected chi connectivity index (χ3v) is 6.58. The maximum absolute atomic E-state index is 13.4. The molecular formula is C28H31N3O3. The Morgan fingerprint density at radius 2 is 1.53 bits per heavy atom. The van der Waals surface area contributed by atoms with Crippen LogP contribution in [0.1, 0.15) is 29.5 Å². The van der Waals surface area contributed by atoms with Gasteiger partial charge in [0.25, 0.3) is 0 Å². The zero-order chi connectivity index (χ0) is 23.2. The van der Waals surface area contributed by atoms with Crippen LogP contribution in [-0.4, -0.2) is 41.8 Å². The van der Waals surface area contributed by atoms with Gasteiger partial charge in [-0.2, -0.15) is 0 Å². The van der Waals surface area contributed by atoms with E-state index in [4.69, 9.17) is 9.47 Å². The van der Waals surface area contributed by atoms with Gasteiger partial charge in [-0.25, -0.2) is 4.79 Å². The summed E-state index contributed by atoms with van der Waals surface area (Å²) < 4.78 is 11.0. The normalized spacial score (nSPS) is 15.8. The van der Waals surface area contributed by atoms with E-state index in [-0.39, 0.29) is 18.9 Å². The predicted molar refractivity (Wildman–Crippen MR) is 132 cm³/mol. The lowest BCUT2D eigenvalue weighted by atomic mass is 10.0. The summed E-state index contributed by atoms with van der Waals surface area (Å²) in [6, 6.07) is 26.7. The molecule has 1 saturated heterocycles. The van der Waals surface area contributed by atoms with Gasteiger partial charge in [0.15, 0.2) is 11.5 Å². The largest absolute Gasteiger partial charge is 0.454 e. The average Bonchev–Trinajstić information content (AvgIpc) is 3.36. The topological polar surface area (TPSA) is 54.0 Å². The van der Waals surface area contributed by atoms with Gasteiger partial charge in [-0.3, -0.25) is 4.90 Å². The molecule has 176 valence electrons. The number of nitrogens with zero attached hydrogens (tertiary/aromatic N) is 2. The number of amides is 2. The van der Waals surface area contributed by atoms with Gasteiger partial charge in [0.1, 0.15) is 0 Å². The van der Waals surface area contributed by atoms with Gasteiger partial charge in [-0.15, -0.1) is 0 Å². The molecule has 5 rings (SSSR count). The van der Waals surface area contributed by atoms with Crippen LogP contribution in [-0.2, 0) is 19.6 Å². The van der Waals surface area contributed by atoms with Crippen molar-refractivity contribution in [2.75, 3.05) is 19.9 Å². The van der Waals surface area contributed by atoms with Crippen molar-refractivity contribution >= 4 is 6.03 Å². The summed E-state index contributed by atoms with van der Waals surface area (Å²) in [6.45, 7) is 4.22. The first-order valence-corrected chi connectivity index (χ1v) is 12.0. The van der Waals surface area contributed by atoms with Crippen molar-refractivity contribution in [3.63, 3.8) is 0 Å². The third kappa shape index (κ3) is 5.51. The van der Waals surface area contributed by atoms with Crippen LogP contribution < -0.4 is 14.8 Å². The molecule has 34 heavy (non-hydrogen) atoms. The smallest absolute Gasteiger partial charge is 0.318 e. The molecule has 0 saturated carbocycles. The summed E-state index contributed by atoms with van der Waals surface area (Å²) in [5.74, 6) is 1.51. The number of carbonyl (C=O) groups is 1. The van der Waals surface area contributed by atoms with E-state index in [1.807, 2.05) is 53.4 Å². The SMILES string of the molecule is O=C(NCc1ccccc1)N(Cc1ccc2c(c1)OCO2)C1CCN(Cc2ccccc2)CC1. The van der Waals surface area contributed by atoms with E-state index < -0.39 is 0 Å². The number of benzene rings is 3. The molecule has 0 unspecified atom stereocenters. The first kappa shape index (κ1) is 22.3. The summed E-state index contributed by atoms with van der Waals surface area (Å²) >= 11 is 0. The van der Waals surface area contributed by atoms with Crippen molar-refractivity contribution in [2.24, 2.45) is 0 Å². The maximum Gasteiger partial charge on any atom is 0.318 e. The first-order chi connectivity index (χ1) is 16.7. The van der Waals surface area contributed by atoms with Crippen molar-refractivity contribution in [1.82, 2.24) is 15.1 Å². The van der Waals surface area contributed by atoms with Gasteiger partial charge in [-0.05, 0) is 41.7 Å². The molecule has 0 aliphatic carbocycles. The van der Waals surface area contributed by atoms with Crippen molar-refractivity contribution < 1.29 is 14.3 Å².